The average molecular weight is 302 g/mol. The van der Waals surface area contributed by atoms with Gasteiger partial charge in [0.05, 0.1) is 23.1 Å². The summed E-state index contributed by atoms with van der Waals surface area (Å²) in [6, 6.07) is 14.0. The van der Waals surface area contributed by atoms with E-state index in [0.29, 0.717) is 22.9 Å². The van der Waals surface area contributed by atoms with Gasteiger partial charge in [-0.3, -0.25) is 4.79 Å². The Bertz CT molecular complexity index is 690. The Balaban J connectivity index is 2.00. The van der Waals surface area contributed by atoms with Crippen molar-refractivity contribution in [2.75, 3.05) is 0 Å². The van der Waals surface area contributed by atoms with E-state index in [1.165, 1.54) is 0 Å². The maximum absolute atomic E-state index is 10.6. The van der Waals surface area contributed by atoms with Crippen molar-refractivity contribution in [2.24, 2.45) is 0 Å². The number of benzene rings is 2. The normalized spacial score (nSPS) is 9.90. The van der Waals surface area contributed by atoms with Gasteiger partial charge in [0.1, 0.15) is 12.4 Å². The molecule has 5 heteroatoms. The maximum atomic E-state index is 10.6. The Morgan fingerprint density at radius 1 is 1.19 bits per heavy atom. The summed E-state index contributed by atoms with van der Waals surface area (Å²) < 4.78 is 5.59. The Morgan fingerprint density at radius 3 is 2.43 bits per heavy atom. The van der Waals surface area contributed by atoms with Crippen LogP contribution in [0.2, 0.25) is 5.02 Å². The van der Waals surface area contributed by atoms with E-state index in [2.05, 4.69) is 0 Å². The molecule has 0 aliphatic rings. The quantitative estimate of drug-likeness (QED) is 0.918. The topological polar surface area (TPSA) is 70.3 Å². The number of carbonyl (C=O) groups is 1. The van der Waals surface area contributed by atoms with Crippen LogP contribution in [0, 0.1) is 11.3 Å². The van der Waals surface area contributed by atoms with Gasteiger partial charge in [-0.05, 0) is 29.3 Å². The standard InChI is InChI=1S/C16H12ClNO3/c17-14-7-13(9-18)5-6-15(14)21-10-12-3-1-11(2-4-12)8-16(19)20/h1-7H,8,10H2,(H,19,20). The minimum absolute atomic E-state index is 0.00257. The molecular formula is C16H12ClNO3. The van der Waals surface area contributed by atoms with Crippen molar-refractivity contribution in [1.29, 1.82) is 5.26 Å². The van der Waals surface area contributed by atoms with Gasteiger partial charge in [0.15, 0.2) is 0 Å². The third kappa shape index (κ3) is 4.23. The van der Waals surface area contributed by atoms with Gasteiger partial charge in [-0.2, -0.15) is 5.26 Å². The van der Waals surface area contributed by atoms with Crippen LogP contribution in [0.5, 0.6) is 5.75 Å². The lowest BCUT2D eigenvalue weighted by molar-refractivity contribution is -0.136. The van der Waals surface area contributed by atoms with Crippen molar-refractivity contribution in [2.45, 2.75) is 13.0 Å². The zero-order chi connectivity index (χ0) is 15.2. The Hall–Kier alpha value is -2.51. The number of halogens is 1. The molecule has 0 aliphatic carbocycles. The van der Waals surface area contributed by atoms with Gasteiger partial charge < -0.3 is 9.84 Å². The molecule has 0 saturated carbocycles. The first-order chi connectivity index (χ1) is 10.1. The van der Waals surface area contributed by atoms with Crippen molar-refractivity contribution in [3.05, 3.63) is 64.2 Å². The van der Waals surface area contributed by atoms with Crippen molar-refractivity contribution in [3.63, 3.8) is 0 Å². The van der Waals surface area contributed by atoms with E-state index >= 15 is 0 Å². The second kappa shape index (κ2) is 6.78. The third-order valence-corrected chi connectivity index (χ3v) is 3.13. The summed E-state index contributed by atoms with van der Waals surface area (Å²) in [4.78, 5) is 10.6. The number of ether oxygens (including phenoxy) is 1. The van der Waals surface area contributed by atoms with Crippen LogP contribution in [0.15, 0.2) is 42.5 Å². The third-order valence-electron chi connectivity index (χ3n) is 2.83. The maximum Gasteiger partial charge on any atom is 0.307 e. The summed E-state index contributed by atoms with van der Waals surface area (Å²) in [7, 11) is 0. The lowest BCUT2D eigenvalue weighted by atomic mass is 10.1. The summed E-state index contributed by atoms with van der Waals surface area (Å²) in [5.74, 6) is -0.353. The summed E-state index contributed by atoms with van der Waals surface area (Å²) in [6.45, 7) is 0.318. The minimum Gasteiger partial charge on any atom is -0.487 e. The van der Waals surface area contributed by atoms with Crippen LogP contribution >= 0.6 is 11.6 Å². The summed E-state index contributed by atoms with van der Waals surface area (Å²) >= 11 is 6.02. The lowest BCUT2D eigenvalue weighted by Crippen LogP contribution is -2.01. The van der Waals surface area contributed by atoms with Gasteiger partial charge in [0, 0.05) is 0 Å². The van der Waals surface area contributed by atoms with E-state index in [0.717, 1.165) is 11.1 Å². The van der Waals surface area contributed by atoms with Crippen molar-refractivity contribution in [3.8, 4) is 11.8 Å². The molecule has 0 amide bonds. The SMILES string of the molecule is N#Cc1ccc(OCc2ccc(CC(=O)O)cc2)c(Cl)c1. The van der Waals surface area contributed by atoms with Crippen molar-refractivity contribution >= 4 is 17.6 Å². The molecule has 4 nitrogen and oxygen atoms in total. The highest BCUT2D eigenvalue weighted by molar-refractivity contribution is 6.32. The number of hydrogen-bond donors (Lipinski definition) is 1. The highest BCUT2D eigenvalue weighted by atomic mass is 35.5. The van der Waals surface area contributed by atoms with Crippen LogP contribution in [0.1, 0.15) is 16.7 Å². The summed E-state index contributed by atoms with van der Waals surface area (Å²) in [5, 5.41) is 17.8. The van der Waals surface area contributed by atoms with Crippen LogP contribution in [-0.4, -0.2) is 11.1 Å². The lowest BCUT2D eigenvalue weighted by Gasteiger charge is -2.08. The van der Waals surface area contributed by atoms with Gasteiger partial charge in [-0.1, -0.05) is 35.9 Å². The molecule has 106 valence electrons. The molecule has 1 N–H and O–H groups in total. The minimum atomic E-state index is -0.858. The van der Waals surface area contributed by atoms with Crippen molar-refractivity contribution in [1.82, 2.24) is 0 Å². The van der Waals surface area contributed by atoms with E-state index in [-0.39, 0.29) is 6.42 Å². The Morgan fingerprint density at radius 2 is 1.86 bits per heavy atom. The highest BCUT2D eigenvalue weighted by Gasteiger charge is 2.04. The van der Waals surface area contributed by atoms with Gasteiger partial charge in [0.2, 0.25) is 0 Å². The molecule has 0 spiro atoms. The first kappa shape index (κ1) is 14.9. The van der Waals surface area contributed by atoms with Crippen LogP contribution in [-0.2, 0) is 17.8 Å². The zero-order valence-corrected chi connectivity index (χ0v) is 11.8. The monoisotopic (exact) mass is 301 g/mol. The smallest absolute Gasteiger partial charge is 0.307 e. The van der Waals surface area contributed by atoms with Crippen LogP contribution in [0.4, 0.5) is 0 Å². The highest BCUT2D eigenvalue weighted by Crippen LogP contribution is 2.26. The fourth-order valence-electron chi connectivity index (χ4n) is 1.78. The van der Waals surface area contributed by atoms with E-state index in [9.17, 15) is 4.79 Å². The molecule has 0 fully saturated rings. The first-order valence-corrected chi connectivity index (χ1v) is 6.58. The van der Waals surface area contributed by atoms with Crippen LogP contribution < -0.4 is 4.74 Å². The molecule has 0 heterocycles. The number of carboxylic acids is 1. The number of hydrogen-bond acceptors (Lipinski definition) is 3. The molecule has 2 aromatic rings. The number of rotatable bonds is 5. The fraction of sp³-hybridized carbons (Fsp3) is 0.125. The molecule has 0 aliphatic heterocycles. The molecule has 2 rings (SSSR count). The largest absolute Gasteiger partial charge is 0.487 e. The molecule has 0 atom stereocenters. The molecular weight excluding hydrogens is 290 g/mol. The van der Waals surface area contributed by atoms with Gasteiger partial charge in [0.25, 0.3) is 0 Å². The van der Waals surface area contributed by atoms with E-state index < -0.39 is 5.97 Å². The number of aliphatic carboxylic acids is 1. The van der Waals surface area contributed by atoms with Gasteiger partial charge >= 0.3 is 5.97 Å². The fourth-order valence-corrected chi connectivity index (χ4v) is 2.01. The second-order valence-electron chi connectivity index (χ2n) is 4.43. The average Bonchev–Trinajstić information content (AvgIpc) is 2.47. The number of nitriles is 1. The van der Waals surface area contributed by atoms with E-state index in [1.54, 1.807) is 30.3 Å². The van der Waals surface area contributed by atoms with Gasteiger partial charge in [-0.25, -0.2) is 0 Å². The van der Waals surface area contributed by atoms with Crippen LogP contribution in [0.25, 0.3) is 0 Å². The Kier molecular flexibility index (Phi) is 4.81. The number of nitrogens with zero attached hydrogens (tertiary/aromatic N) is 1. The van der Waals surface area contributed by atoms with E-state index in [1.807, 2.05) is 18.2 Å². The number of carboxylic acid groups (broad SMARTS) is 1. The van der Waals surface area contributed by atoms with Gasteiger partial charge in [-0.15, -0.1) is 0 Å². The molecule has 2 aromatic carbocycles. The molecule has 0 aromatic heterocycles. The predicted molar refractivity (Wildman–Crippen MR) is 78.3 cm³/mol. The molecule has 0 radical (unpaired) electrons. The summed E-state index contributed by atoms with van der Waals surface area (Å²) in [5.41, 5.74) is 2.12. The predicted octanol–water partition coefficient (Wildman–Crippen LogP) is 3.42. The molecule has 21 heavy (non-hydrogen) atoms. The summed E-state index contributed by atoms with van der Waals surface area (Å²) in [6.07, 6.45) is 0.00257. The zero-order valence-electron chi connectivity index (χ0n) is 11.0. The molecule has 0 saturated heterocycles. The molecule has 0 unspecified atom stereocenters. The van der Waals surface area contributed by atoms with Crippen molar-refractivity contribution < 1.29 is 14.6 Å². The Labute approximate surface area is 127 Å². The second-order valence-corrected chi connectivity index (χ2v) is 4.84. The van der Waals surface area contributed by atoms with Crippen LogP contribution in [0.3, 0.4) is 0 Å². The van der Waals surface area contributed by atoms with E-state index in [4.69, 9.17) is 26.7 Å². The first-order valence-electron chi connectivity index (χ1n) is 6.20. The molecule has 0 bridgehead atoms.